The van der Waals surface area contributed by atoms with Gasteiger partial charge in [-0.3, -0.25) is 9.79 Å². The van der Waals surface area contributed by atoms with Crippen LogP contribution in [0, 0.1) is 12.8 Å². The first-order valence-corrected chi connectivity index (χ1v) is 11.8. The number of aryl methyl sites for hydroxylation is 1. The van der Waals surface area contributed by atoms with Gasteiger partial charge in [-0.15, -0.1) is 24.0 Å². The van der Waals surface area contributed by atoms with Gasteiger partial charge in [-0.1, -0.05) is 31.4 Å². The summed E-state index contributed by atoms with van der Waals surface area (Å²) in [6.45, 7) is 6.73. The summed E-state index contributed by atoms with van der Waals surface area (Å²) in [4.78, 5) is 19.3. The van der Waals surface area contributed by atoms with Crippen molar-refractivity contribution in [3.8, 4) is 5.75 Å². The summed E-state index contributed by atoms with van der Waals surface area (Å²) in [6.07, 6.45) is 5.93. The summed E-state index contributed by atoms with van der Waals surface area (Å²) in [5, 5.41) is 16.9. The second-order valence-corrected chi connectivity index (χ2v) is 8.75. The van der Waals surface area contributed by atoms with Crippen molar-refractivity contribution < 1.29 is 14.6 Å². The van der Waals surface area contributed by atoms with Gasteiger partial charge in [0.05, 0.1) is 6.54 Å². The standard InChI is InChI=1S/C24H38N4O3.HI/c1-3-25-24(26-15-21(29)17-31-22-11-7-8-18(2)14-22)27-20-12-13-28(16-20)23(30)19-9-5-4-6-10-19;/h7-8,11,14,19-21,29H,3-6,9-10,12-13,15-17H2,1-2H3,(H2,25,26,27);1H. The Morgan fingerprint density at radius 1 is 1.28 bits per heavy atom. The van der Waals surface area contributed by atoms with Crippen LogP contribution in [0.4, 0.5) is 0 Å². The van der Waals surface area contributed by atoms with Gasteiger partial charge in [-0.25, -0.2) is 0 Å². The number of benzene rings is 1. The lowest BCUT2D eigenvalue weighted by Crippen LogP contribution is -2.46. The molecule has 32 heavy (non-hydrogen) atoms. The van der Waals surface area contributed by atoms with Crippen LogP contribution in [0.2, 0.25) is 0 Å². The maximum atomic E-state index is 12.8. The second-order valence-electron chi connectivity index (χ2n) is 8.75. The van der Waals surface area contributed by atoms with Gasteiger partial charge in [0.25, 0.3) is 0 Å². The molecular formula is C24H39IN4O3. The third-order valence-electron chi connectivity index (χ3n) is 6.03. The highest BCUT2D eigenvalue weighted by Crippen LogP contribution is 2.26. The predicted octanol–water partition coefficient (Wildman–Crippen LogP) is 3.09. The molecule has 0 spiro atoms. The molecule has 1 saturated heterocycles. The van der Waals surface area contributed by atoms with E-state index in [1.807, 2.05) is 43.0 Å². The maximum absolute atomic E-state index is 12.8. The Balaban J connectivity index is 0.00000363. The number of nitrogens with one attached hydrogen (secondary N) is 2. The fourth-order valence-electron chi connectivity index (χ4n) is 4.35. The third-order valence-corrected chi connectivity index (χ3v) is 6.03. The van der Waals surface area contributed by atoms with Gasteiger partial charge in [0.15, 0.2) is 5.96 Å². The first kappa shape index (κ1) is 26.7. The van der Waals surface area contributed by atoms with Crippen molar-refractivity contribution in [1.82, 2.24) is 15.5 Å². The van der Waals surface area contributed by atoms with Crippen LogP contribution in [0.1, 0.15) is 51.0 Å². The molecule has 0 aromatic heterocycles. The molecule has 1 heterocycles. The van der Waals surface area contributed by atoms with Gasteiger partial charge in [-0.2, -0.15) is 0 Å². The van der Waals surface area contributed by atoms with Crippen LogP contribution >= 0.6 is 24.0 Å². The zero-order valence-electron chi connectivity index (χ0n) is 19.4. The monoisotopic (exact) mass is 558 g/mol. The Bertz CT molecular complexity index is 740. The number of hydrogen-bond donors (Lipinski definition) is 3. The Morgan fingerprint density at radius 2 is 2.06 bits per heavy atom. The van der Waals surface area contributed by atoms with E-state index in [0.29, 0.717) is 11.9 Å². The summed E-state index contributed by atoms with van der Waals surface area (Å²) in [5.74, 6) is 1.98. The van der Waals surface area contributed by atoms with Crippen LogP contribution in [0.15, 0.2) is 29.3 Å². The van der Waals surface area contributed by atoms with Crippen LogP contribution in [0.5, 0.6) is 5.75 Å². The lowest BCUT2D eigenvalue weighted by molar-refractivity contribution is -0.135. The number of aliphatic hydroxyl groups is 1. The van der Waals surface area contributed by atoms with Crippen molar-refractivity contribution in [2.75, 3.05) is 32.8 Å². The number of amides is 1. The molecule has 1 amide bonds. The topological polar surface area (TPSA) is 86.2 Å². The highest BCUT2D eigenvalue weighted by atomic mass is 127. The Hall–Kier alpha value is -1.55. The van der Waals surface area contributed by atoms with E-state index in [9.17, 15) is 9.90 Å². The Morgan fingerprint density at radius 3 is 2.78 bits per heavy atom. The molecular weight excluding hydrogens is 519 g/mol. The van der Waals surface area contributed by atoms with Gasteiger partial charge in [0, 0.05) is 31.6 Å². The molecule has 7 nitrogen and oxygen atoms in total. The van der Waals surface area contributed by atoms with Gasteiger partial charge in [0.2, 0.25) is 5.91 Å². The molecule has 2 fully saturated rings. The van der Waals surface area contributed by atoms with Crippen molar-refractivity contribution in [2.24, 2.45) is 10.9 Å². The highest BCUT2D eigenvalue weighted by Gasteiger charge is 2.31. The molecule has 1 aromatic rings. The SMILES string of the molecule is CCNC(=NCC(O)COc1cccc(C)c1)NC1CCN(C(=O)C2CCCCC2)C1.I. The van der Waals surface area contributed by atoms with Crippen LogP contribution in [-0.2, 0) is 4.79 Å². The highest BCUT2D eigenvalue weighted by molar-refractivity contribution is 14.0. The average Bonchev–Trinajstić information content (AvgIpc) is 3.25. The largest absolute Gasteiger partial charge is 0.491 e. The molecule has 0 radical (unpaired) electrons. The smallest absolute Gasteiger partial charge is 0.225 e. The van der Waals surface area contributed by atoms with Crippen molar-refractivity contribution >= 4 is 35.8 Å². The normalized spacial score (nSPS) is 20.4. The molecule has 8 heteroatoms. The number of rotatable bonds is 8. The molecule has 1 aromatic carbocycles. The lowest BCUT2D eigenvalue weighted by atomic mass is 9.88. The first-order valence-electron chi connectivity index (χ1n) is 11.8. The predicted molar refractivity (Wildman–Crippen MR) is 139 cm³/mol. The number of carbonyl (C=O) groups excluding carboxylic acids is 1. The molecule has 3 N–H and O–H groups in total. The molecule has 1 saturated carbocycles. The molecule has 3 rings (SSSR count). The summed E-state index contributed by atoms with van der Waals surface area (Å²) >= 11 is 0. The number of carbonyl (C=O) groups is 1. The summed E-state index contributed by atoms with van der Waals surface area (Å²) < 4.78 is 5.67. The number of guanidine groups is 1. The minimum Gasteiger partial charge on any atom is -0.491 e. The second kappa shape index (κ2) is 13.9. The van der Waals surface area contributed by atoms with E-state index in [1.165, 1.54) is 19.3 Å². The first-order chi connectivity index (χ1) is 15.0. The summed E-state index contributed by atoms with van der Waals surface area (Å²) in [6, 6.07) is 7.96. The Labute approximate surface area is 209 Å². The van der Waals surface area contributed by atoms with Gasteiger partial charge < -0.3 is 25.4 Å². The van der Waals surface area contributed by atoms with E-state index < -0.39 is 6.10 Å². The fraction of sp³-hybridized carbons (Fsp3) is 0.667. The van der Waals surface area contributed by atoms with E-state index in [0.717, 1.165) is 50.2 Å². The number of hydrogen-bond acceptors (Lipinski definition) is 4. The number of nitrogens with zero attached hydrogens (tertiary/aromatic N) is 2. The molecule has 0 bridgehead atoms. The van der Waals surface area contributed by atoms with E-state index in [1.54, 1.807) is 0 Å². The van der Waals surface area contributed by atoms with E-state index >= 15 is 0 Å². The van der Waals surface area contributed by atoms with Gasteiger partial charge >= 0.3 is 0 Å². The average molecular weight is 559 g/mol. The quantitative estimate of drug-likeness (QED) is 0.260. The van der Waals surface area contributed by atoms with Crippen molar-refractivity contribution in [3.63, 3.8) is 0 Å². The third kappa shape index (κ3) is 8.42. The fourth-order valence-corrected chi connectivity index (χ4v) is 4.35. The molecule has 1 aliphatic heterocycles. The summed E-state index contributed by atoms with van der Waals surface area (Å²) in [7, 11) is 0. The minimum atomic E-state index is -0.691. The number of likely N-dealkylation sites (tertiary alicyclic amines) is 1. The molecule has 2 unspecified atom stereocenters. The lowest BCUT2D eigenvalue weighted by Gasteiger charge is -2.26. The van der Waals surface area contributed by atoms with Crippen molar-refractivity contribution in [3.05, 3.63) is 29.8 Å². The van der Waals surface area contributed by atoms with Gasteiger partial charge in [-0.05, 0) is 50.8 Å². The van der Waals surface area contributed by atoms with E-state index in [-0.39, 0.29) is 49.1 Å². The molecule has 2 aliphatic rings. The maximum Gasteiger partial charge on any atom is 0.225 e. The van der Waals surface area contributed by atoms with Crippen LogP contribution in [0.25, 0.3) is 0 Å². The Kier molecular flexibility index (Phi) is 11.6. The van der Waals surface area contributed by atoms with Crippen molar-refractivity contribution in [1.29, 1.82) is 0 Å². The number of halogens is 1. The van der Waals surface area contributed by atoms with E-state index in [2.05, 4.69) is 15.6 Å². The van der Waals surface area contributed by atoms with E-state index in [4.69, 9.17) is 4.74 Å². The number of aliphatic imine (C=N–C) groups is 1. The zero-order valence-corrected chi connectivity index (χ0v) is 21.7. The van der Waals surface area contributed by atoms with Crippen LogP contribution in [-0.4, -0.2) is 66.8 Å². The molecule has 180 valence electrons. The van der Waals surface area contributed by atoms with Gasteiger partial charge in [0.1, 0.15) is 18.5 Å². The molecule has 1 aliphatic carbocycles. The zero-order chi connectivity index (χ0) is 22.1. The van der Waals surface area contributed by atoms with Crippen molar-refractivity contribution in [2.45, 2.75) is 64.5 Å². The number of aliphatic hydroxyl groups excluding tert-OH is 1. The van der Waals surface area contributed by atoms with Crippen LogP contribution < -0.4 is 15.4 Å². The molecule has 2 atom stereocenters. The number of ether oxygens (including phenoxy) is 1. The summed E-state index contributed by atoms with van der Waals surface area (Å²) in [5.41, 5.74) is 1.12. The minimum absolute atomic E-state index is 0. The van der Waals surface area contributed by atoms with Crippen LogP contribution in [0.3, 0.4) is 0 Å².